The van der Waals surface area contributed by atoms with Crippen molar-refractivity contribution in [2.45, 2.75) is 103 Å². The lowest BCUT2D eigenvalue weighted by atomic mass is 9.93. The Morgan fingerprint density at radius 2 is 1.19 bits per heavy atom. The topological polar surface area (TPSA) is 152 Å². The molecule has 2 aromatic rings. The molecule has 0 bridgehead atoms. The van der Waals surface area contributed by atoms with E-state index in [9.17, 15) is 24.0 Å². The highest BCUT2D eigenvalue weighted by molar-refractivity contribution is 5.98. The van der Waals surface area contributed by atoms with Crippen LogP contribution in [0.4, 0.5) is 0 Å². The summed E-state index contributed by atoms with van der Waals surface area (Å²) in [5, 5.41) is 11.8. The van der Waals surface area contributed by atoms with Crippen molar-refractivity contribution in [3.05, 3.63) is 71.8 Å². The van der Waals surface area contributed by atoms with Crippen molar-refractivity contribution in [3.8, 4) is 0 Å². The summed E-state index contributed by atoms with van der Waals surface area (Å²) >= 11 is 0. The highest BCUT2D eigenvalue weighted by Crippen LogP contribution is 2.29. The minimum absolute atomic E-state index is 0.122. The fraction of sp³-hybridized carbons (Fsp3) is 0.595. The Labute approximate surface area is 321 Å². The Hall–Kier alpha value is -4.13. The molecule has 12 heteroatoms. The zero-order chi connectivity index (χ0) is 39.3. The van der Waals surface area contributed by atoms with Gasteiger partial charge in [0.25, 0.3) is 0 Å². The first-order valence-corrected chi connectivity index (χ1v) is 19.6. The molecule has 0 spiro atoms. The Morgan fingerprint density at radius 1 is 0.667 bits per heavy atom. The van der Waals surface area contributed by atoms with Gasteiger partial charge in [0.05, 0.1) is 19.2 Å². The van der Waals surface area contributed by atoms with E-state index in [4.69, 9.17) is 4.74 Å². The monoisotopic (exact) mass is 746 g/mol. The number of likely N-dealkylation sites (N-methyl/N-ethyl adjacent to an activating group) is 1. The number of epoxide rings is 1. The number of piperazine rings is 1. The molecule has 2 aliphatic heterocycles. The van der Waals surface area contributed by atoms with E-state index in [1.807, 2.05) is 88.4 Å². The molecule has 2 aromatic carbocycles. The van der Waals surface area contributed by atoms with Crippen LogP contribution in [0.15, 0.2) is 60.7 Å². The van der Waals surface area contributed by atoms with Crippen molar-refractivity contribution < 1.29 is 28.7 Å². The van der Waals surface area contributed by atoms with Gasteiger partial charge in [-0.3, -0.25) is 28.9 Å². The van der Waals surface area contributed by atoms with Gasteiger partial charge in [0.2, 0.25) is 23.6 Å². The molecule has 296 valence electrons. The van der Waals surface area contributed by atoms with E-state index >= 15 is 0 Å². The van der Waals surface area contributed by atoms with Gasteiger partial charge >= 0.3 is 0 Å². The quantitative estimate of drug-likeness (QED) is 0.143. The number of nitrogens with one attached hydrogen (secondary N) is 4. The molecule has 0 saturated carbocycles. The number of nitrogens with zero attached hydrogens (tertiary/aromatic N) is 2. The normalized spacial score (nSPS) is 19.7. The summed E-state index contributed by atoms with van der Waals surface area (Å²) in [5.74, 6) is -1.51. The minimum Gasteiger partial charge on any atom is -0.361 e. The molecule has 2 heterocycles. The van der Waals surface area contributed by atoms with Crippen molar-refractivity contribution in [1.29, 1.82) is 0 Å². The number of rotatable bonds is 21. The first-order valence-electron chi connectivity index (χ1n) is 19.6. The summed E-state index contributed by atoms with van der Waals surface area (Å²) in [6.45, 7) is 13.5. The predicted octanol–water partition coefficient (Wildman–Crippen LogP) is 2.89. The maximum Gasteiger partial charge on any atom is 0.243 e. The van der Waals surface area contributed by atoms with Crippen LogP contribution in [-0.4, -0.2) is 115 Å². The Bertz CT molecular complexity index is 1520. The third-order valence-electron chi connectivity index (χ3n) is 10.2. The summed E-state index contributed by atoms with van der Waals surface area (Å²) < 4.78 is 5.42. The second kappa shape index (κ2) is 20.5. The molecule has 0 unspecified atom stereocenters. The van der Waals surface area contributed by atoms with Crippen molar-refractivity contribution in [2.75, 3.05) is 46.4 Å². The fourth-order valence-corrected chi connectivity index (χ4v) is 6.64. The van der Waals surface area contributed by atoms with E-state index < -0.39 is 47.5 Å². The van der Waals surface area contributed by atoms with Crippen LogP contribution in [0, 0.1) is 11.8 Å². The average molecular weight is 747 g/mol. The third kappa shape index (κ3) is 13.9. The molecule has 54 heavy (non-hydrogen) atoms. The number of aryl methyl sites for hydroxylation is 1. The maximum absolute atomic E-state index is 14.2. The first-order chi connectivity index (χ1) is 25.7. The first kappa shape index (κ1) is 42.6. The number of amides is 4. The molecule has 0 aliphatic carbocycles. The van der Waals surface area contributed by atoms with Crippen LogP contribution >= 0.6 is 0 Å². The minimum atomic E-state index is -1.02. The van der Waals surface area contributed by atoms with Crippen LogP contribution in [0.2, 0.25) is 0 Å². The van der Waals surface area contributed by atoms with Crippen LogP contribution < -0.4 is 21.3 Å². The van der Waals surface area contributed by atoms with Gasteiger partial charge < -0.3 is 30.9 Å². The Kier molecular flexibility index (Phi) is 16.2. The average Bonchev–Trinajstić information content (AvgIpc) is 3.90. The lowest BCUT2D eigenvalue weighted by molar-refractivity contribution is -0.135. The van der Waals surface area contributed by atoms with Crippen molar-refractivity contribution >= 4 is 29.4 Å². The number of ether oxygens (including phenoxy) is 1. The second-order valence-corrected chi connectivity index (χ2v) is 16.1. The molecule has 2 aliphatic rings. The molecule has 5 atom stereocenters. The van der Waals surface area contributed by atoms with Gasteiger partial charge in [0, 0.05) is 32.6 Å². The van der Waals surface area contributed by atoms with Crippen molar-refractivity contribution in [2.24, 2.45) is 11.8 Å². The van der Waals surface area contributed by atoms with Crippen LogP contribution in [0.25, 0.3) is 0 Å². The molecule has 4 rings (SSSR count). The van der Waals surface area contributed by atoms with Crippen molar-refractivity contribution in [3.63, 3.8) is 0 Å². The lowest BCUT2D eigenvalue weighted by Crippen LogP contribution is -2.59. The highest BCUT2D eigenvalue weighted by Gasteiger charge is 2.50. The summed E-state index contributed by atoms with van der Waals surface area (Å²) in [5.41, 5.74) is 0.937. The van der Waals surface area contributed by atoms with E-state index in [-0.39, 0.29) is 36.5 Å². The third-order valence-corrected chi connectivity index (χ3v) is 10.2. The van der Waals surface area contributed by atoms with Crippen molar-refractivity contribution in [1.82, 2.24) is 31.1 Å². The zero-order valence-corrected chi connectivity index (χ0v) is 33.1. The van der Waals surface area contributed by atoms with Gasteiger partial charge in [-0.1, -0.05) is 88.4 Å². The number of hydrogen-bond acceptors (Lipinski definition) is 8. The summed E-state index contributed by atoms with van der Waals surface area (Å²) in [7, 11) is 2.05. The number of carbonyl (C=O) groups excluding carboxylic acids is 5. The molecule has 4 amide bonds. The van der Waals surface area contributed by atoms with E-state index in [1.165, 1.54) is 0 Å². The molecular formula is C42H62N6O6. The molecule has 2 fully saturated rings. The smallest absolute Gasteiger partial charge is 0.243 e. The number of ketones is 1. The number of Topliss-reactive ketones (excluding diaryl/α,β-unsaturated/α-hetero) is 1. The predicted molar refractivity (Wildman–Crippen MR) is 209 cm³/mol. The number of benzene rings is 2. The maximum atomic E-state index is 14.2. The van der Waals surface area contributed by atoms with Crippen LogP contribution in [0.5, 0.6) is 0 Å². The molecule has 12 nitrogen and oxygen atoms in total. The Morgan fingerprint density at radius 3 is 1.74 bits per heavy atom. The largest absolute Gasteiger partial charge is 0.361 e. The zero-order valence-electron chi connectivity index (χ0n) is 33.1. The lowest BCUT2D eigenvalue weighted by Gasteiger charge is -2.32. The molecule has 4 N–H and O–H groups in total. The van der Waals surface area contributed by atoms with Crippen LogP contribution in [0.3, 0.4) is 0 Å². The van der Waals surface area contributed by atoms with Gasteiger partial charge in [0.1, 0.15) is 23.7 Å². The highest BCUT2D eigenvalue weighted by atomic mass is 16.6. The van der Waals surface area contributed by atoms with Crippen LogP contribution in [0.1, 0.15) is 71.4 Å². The Balaban J connectivity index is 1.52. The van der Waals surface area contributed by atoms with Gasteiger partial charge in [-0.15, -0.1) is 0 Å². The summed E-state index contributed by atoms with van der Waals surface area (Å²) in [6, 6.07) is 15.5. The SMILES string of the molecule is CC(C)CC[C@H](NC(=O)[C@H](CCc1ccccc1)NC(=O)CN1CCN(C)CC1)C(=O)N[C@@H](Cc1ccccc1)C(=O)N[C@@H](CC(C)C)C(=O)[C@@]1(C)CO1. The molecule has 2 saturated heterocycles. The standard InChI is InChI=1S/C42H62N6O6/c1-29(2)17-19-34(44-39(51)33(20-18-31-13-9-7-10-14-31)43-37(49)27-48-23-21-47(6)22-24-48)40(52)46-36(26-32-15-11-8-12-16-32)41(53)45-35(25-30(3)4)38(50)42(5)28-54-42/h7-16,29-30,33-36H,17-28H2,1-6H3,(H,43,49)(H,44,51)(H,45,53)(H,46,52)/t33-,34-,35-,36-,42+/m0/s1. The van der Waals surface area contributed by atoms with E-state index in [0.29, 0.717) is 38.7 Å². The van der Waals surface area contributed by atoms with Gasteiger partial charge in [-0.05, 0) is 69.0 Å². The number of carbonyl (C=O) groups is 5. The van der Waals surface area contributed by atoms with Gasteiger partial charge in [-0.25, -0.2) is 0 Å². The van der Waals surface area contributed by atoms with E-state index in [2.05, 4.69) is 38.1 Å². The van der Waals surface area contributed by atoms with Crippen LogP contribution in [-0.2, 0) is 41.6 Å². The van der Waals surface area contributed by atoms with Gasteiger partial charge in [-0.2, -0.15) is 0 Å². The van der Waals surface area contributed by atoms with E-state index in [0.717, 1.165) is 37.3 Å². The second-order valence-electron chi connectivity index (χ2n) is 16.1. The summed E-state index contributed by atoms with van der Waals surface area (Å²) in [6.07, 6.45) is 2.48. The molecular weight excluding hydrogens is 684 g/mol. The van der Waals surface area contributed by atoms with E-state index in [1.54, 1.807) is 6.92 Å². The number of hydrogen-bond donors (Lipinski definition) is 4. The fourth-order valence-electron chi connectivity index (χ4n) is 6.64. The molecule has 0 aromatic heterocycles. The molecule has 0 radical (unpaired) electrons. The summed E-state index contributed by atoms with van der Waals surface area (Å²) in [4.78, 5) is 73.3. The van der Waals surface area contributed by atoms with Gasteiger partial charge in [0.15, 0.2) is 5.78 Å².